The molecule has 130 valence electrons. The summed E-state index contributed by atoms with van der Waals surface area (Å²) in [5, 5.41) is 2.81. The van der Waals surface area contributed by atoms with Crippen molar-refractivity contribution in [2.45, 2.75) is 57.8 Å². The molecule has 0 fully saturated rings. The third kappa shape index (κ3) is 5.95. The summed E-state index contributed by atoms with van der Waals surface area (Å²) in [6, 6.07) is 6.36. The first kappa shape index (κ1) is 19.6. The Morgan fingerprint density at radius 1 is 1.00 bits per heavy atom. The van der Waals surface area contributed by atoms with Crippen molar-refractivity contribution in [1.82, 2.24) is 4.31 Å². The lowest BCUT2D eigenvalue weighted by molar-refractivity contribution is -0.116. The Labute approximate surface area is 140 Å². The van der Waals surface area contributed by atoms with Crippen LogP contribution in [0.3, 0.4) is 0 Å². The number of hydrogen-bond donors (Lipinski definition) is 1. The van der Waals surface area contributed by atoms with Crippen LogP contribution in [-0.2, 0) is 14.8 Å². The van der Waals surface area contributed by atoms with Crippen LogP contribution in [0.4, 0.5) is 5.69 Å². The summed E-state index contributed by atoms with van der Waals surface area (Å²) in [4.78, 5) is 12.1. The van der Waals surface area contributed by atoms with Crippen LogP contribution in [0.15, 0.2) is 29.2 Å². The Morgan fingerprint density at radius 2 is 1.61 bits per heavy atom. The van der Waals surface area contributed by atoms with Crippen LogP contribution < -0.4 is 5.32 Å². The van der Waals surface area contributed by atoms with Crippen LogP contribution >= 0.6 is 0 Å². The highest BCUT2D eigenvalue weighted by Crippen LogP contribution is 2.18. The van der Waals surface area contributed by atoms with Gasteiger partial charge in [-0.25, -0.2) is 8.42 Å². The van der Waals surface area contributed by atoms with Gasteiger partial charge in [-0.1, -0.05) is 40.0 Å². The fourth-order valence-electron chi connectivity index (χ4n) is 2.36. The summed E-state index contributed by atoms with van der Waals surface area (Å²) in [7, 11) is -3.45. The first-order valence-corrected chi connectivity index (χ1v) is 9.79. The Kier molecular flexibility index (Phi) is 8.26. The molecular weight excluding hydrogens is 312 g/mol. The number of nitrogens with one attached hydrogen (secondary N) is 1. The normalized spacial score (nSPS) is 11.7. The molecule has 1 amide bonds. The van der Waals surface area contributed by atoms with Crippen LogP contribution in [0.1, 0.15) is 52.9 Å². The second-order valence-electron chi connectivity index (χ2n) is 5.47. The predicted molar refractivity (Wildman–Crippen MR) is 93.9 cm³/mol. The molecule has 0 atom stereocenters. The number of anilines is 1. The second-order valence-corrected chi connectivity index (χ2v) is 7.41. The average Bonchev–Trinajstić information content (AvgIpc) is 2.53. The van der Waals surface area contributed by atoms with E-state index in [-0.39, 0.29) is 10.8 Å². The maximum atomic E-state index is 12.4. The topological polar surface area (TPSA) is 66.5 Å². The molecule has 5 nitrogen and oxygen atoms in total. The molecule has 0 spiro atoms. The molecule has 0 aliphatic heterocycles. The summed E-state index contributed by atoms with van der Waals surface area (Å²) in [5.41, 5.74) is 0.629. The van der Waals surface area contributed by atoms with Crippen LogP contribution in [0.25, 0.3) is 0 Å². The zero-order chi connectivity index (χ0) is 17.3. The van der Waals surface area contributed by atoms with Gasteiger partial charge in [0.25, 0.3) is 0 Å². The number of nitrogens with zero attached hydrogens (tertiary/aromatic N) is 1. The van der Waals surface area contributed by atoms with Gasteiger partial charge in [-0.05, 0) is 30.7 Å². The fraction of sp³-hybridized carbons (Fsp3) is 0.588. The van der Waals surface area contributed by atoms with Gasteiger partial charge in [0.15, 0.2) is 0 Å². The standard InChI is InChI=1S/C17H28N2O3S/c1-4-7-8-9-10-17(20)18-15-11-13-16(14-12-15)23(21,22)19(5-2)6-3/h11-14H,4-10H2,1-3H3,(H,18,20). The molecule has 0 aromatic heterocycles. The molecule has 0 radical (unpaired) electrons. The van der Waals surface area contributed by atoms with Gasteiger partial charge in [0.05, 0.1) is 4.90 Å². The number of unbranched alkanes of at least 4 members (excludes halogenated alkanes) is 3. The van der Waals surface area contributed by atoms with Crippen molar-refractivity contribution < 1.29 is 13.2 Å². The molecule has 0 bridgehead atoms. The molecule has 6 heteroatoms. The Balaban J connectivity index is 2.65. The van der Waals surface area contributed by atoms with Gasteiger partial charge in [-0.15, -0.1) is 0 Å². The van der Waals surface area contributed by atoms with E-state index in [2.05, 4.69) is 12.2 Å². The number of carbonyl (C=O) groups is 1. The summed E-state index contributed by atoms with van der Waals surface area (Å²) >= 11 is 0. The van der Waals surface area contributed by atoms with Crippen molar-refractivity contribution in [3.8, 4) is 0 Å². The summed E-state index contributed by atoms with van der Waals surface area (Å²) < 4.78 is 26.1. The van der Waals surface area contributed by atoms with E-state index < -0.39 is 10.0 Å². The van der Waals surface area contributed by atoms with E-state index in [0.717, 1.165) is 25.7 Å². The van der Waals surface area contributed by atoms with Gasteiger partial charge in [-0.2, -0.15) is 4.31 Å². The van der Waals surface area contributed by atoms with Crippen LogP contribution in [0.5, 0.6) is 0 Å². The molecule has 0 aliphatic rings. The summed E-state index contributed by atoms with van der Waals surface area (Å²) in [6.07, 6.45) is 4.73. The number of rotatable bonds is 10. The molecule has 23 heavy (non-hydrogen) atoms. The Hall–Kier alpha value is -1.40. The molecule has 1 aromatic carbocycles. The first-order valence-electron chi connectivity index (χ1n) is 8.35. The van der Waals surface area contributed by atoms with Crippen molar-refractivity contribution >= 4 is 21.6 Å². The second kappa shape index (κ2) is 9.67. The number of sulfonamides is 1. The maximum Gasteiger partial charge on any atom is 0.243 e. The van der Waals surface area contributed by atoms with E-state index in [1.807, 2.05) is 13.8 Å². The van der Waals surface area contributed by atoms with Crippen molar-refractivity contribution in [2.75, 3.05) is 18.4 Å². The van der Waals surface area contributed by atoms with E-state index in [1.165, 1.54) is 4.31 Å². The summed E-state index contributed by atoms with van der Waals surface area (Å²) in [5.74, 6) is -0.0274. The van der Waals surface area contributed by atoms with Crippen molar-refractivity contribution in [3.63, 3.8) is 0 Å². The minimum absolute atomic E-state index is 0.0274. The zero-order valence-corrected chi connectivity index (χ0v) is 15.2. The summed E-state index contributed by atoms with van der Waals surface area (Å²) in [6.45, 7) is 6.64. The largest absolute Gasteiger partial charge is 0.326 e. The van der Waals surface area contributed by atoms with E-state index in [1.54, 1.807) is 24.3 Å². The number of hydrogen-bond acceptors (Lipinski definition) is 3. The van der Waals surface area contributed by atoms with Crippen molar-refractivity contribution in [2.24, 2.45) is 0 Å². The average molecular weight is 340 g/mol. The van der Waals surface area contributed by atoms with Crippen molar-refractivity contribution in [1.29, 1.82) is 0 Å². The smallest absolute Gasteiger partial charge is 0.243 e. The molecular formula is C17H28N2O3S. The van der Waals surface area contributed by atoms with Crippen LogP contribution in [0, 0.1) is 0 Å². The highest BCUT2D eigenvalue weighted by molar-refractivity contribution is 7.89. The van der Waals surface area contributed by atoms with Gasteiger partial charge in [0.2, 0.25) is 15.9 Å². The van der Waals surface area contributed by atoms with Gasteiger partial charge >= 0.3 is 0 Å². The zero-order valence-electron chi connectivity index (χ0n) is 14.3. The minimum Gasteiger partial charge on any atom is -0.326 e. The van der Waals surface area contributed by atoms with E-state index in [4.69, 9.17) is 0 Å². The molecule has 1 rings (SSSR count). The number of amides is 1. The molecule has 0 aliphatic carbocycles. The SMILES string of the molecule is CCCCCCC(=O)Nc1ccc(S(=O)(=O)N(CC)CC)cc1. The van der Waals surface area contributed by atoms with E-state index in [9.17, 15) is 13.2 Å². The fourth-order valence-corrected chi connectivity index (χ4v) is 3.82. The first-order chi connectivity index (χ1) is 11.0. The lowest BCUT2D eigenvalue weighted by atomic mass is 10.1. The Morgan fingerprint density at radius 3 is 2.13 bits per heavy atom. The minimum atomic E-state index is -3.45. The van der Waals surface area contributed by atoms with Crippen molar-refractivity contribution in [3.05, 3.63) is 24.3 Å². The Bertz CT molecular complexity index is 578. The number of carbonyl (C=O) groups excluding carboxylic acids is 1. The van der Waals surface area contributed by atoms with Gasteiger partial charge < -0.3 is 5.32 Å². The highest BCUT2D eigenvalue weighted by Gasteiger charge is 2.21. The molecule has 0 unspecified atom stereocenters. The van der Waals surface area contributed by atoms with E-state index >= 15 is 0 Å². The lowest BCUT2D eigenvalue weighted by Gasteiger charge is -2.18. The highest BCUT2D eigenvalue weighted by atomic mass is 32.2. The maximum absolute atomic E-state index is 12.4. The van der Waals surface area contributed by atoms with Gasteiger partial charge in [0, 0.05) is 25.2 Å². The van der Waals surface area contributed by atoms with Gasteiger partial charge in [-0.3, -0.25) is 4.79 Å². The van der Waals surface area contributed by atoms with Crippen LogP contribution in [0.2, 0.25) is 0 Å². The lowest BCUT2D eigenvalue weighted by Crippen LogP contribution is -2.30. The third-order valence-corrected chi connectivity index (χ3v) is 5.80. The third-order valence-electron chi connectivity index (χ3n) is 3.74. The molecule has 1 aromatic rings. The molecule has 0 heterocycles. The predicted octanol–water partition coefficient (Wildman–Crippen LogP) is 3.63. The van der Waals surface area contributed by atoms with Gasteiger partial charge in [0.1, 0.15) is 0 Å². The van der Waals surface area contributed by atoms with Crippen LogP contribution in [-0.4, -0.2) is 31.7 Å². The molecule has 1 N–H and O–H groups in total. The molecule has 0 saturated carbocycles. The molecule has 0 saturated heterocycles. The monoisotopic (exact) mass is 340 g/mol. The van der Waals surface area contributed by atoms with E-state index in [0.29, 0.717) is 25.2 Å². The quantitative estimate of drug-likeness (QED) is 0.661. The number of benzene rings is 1.